The number of fused-ring (bicyclic) bond motifs is 1. The van der Waals surface area contributed by atoms with Crippen molar-refractivity contribution in [2.75, 3.05) is 6.61 Å². The van der Waals surface area contributed by atoms with E-state index in [4.69, 9.17) is 4.84 Å². The number of amides is 2. The standard InChI is InChI=1S/C16H10FNO4/c17-11-7-5-10(6-8-11)14(19)9-22-18-15(20)12-3-1-2-4-13(12)16(18)21/h1-8H,9H2. The molecule has 2 amide bonds. The van der Waals surface area contributed by atoms with E-state index in [0.717, 1.165) is 12.1 Å². The van der Waals surface area contributed by atoms with Gasteiger partial charge in [0.1, 0.15) is 12.4 Å². The van der Waals surface area contributed by atoms with Crippen LogP contribution in [-0.2, 0) is 4.84 Å². The van der Waals surface area contributed by atoms with Gasteiger partial charge in [0.2, 0.25) is 0 Å². The first kappa shape index (κ1) is 14.1. The van der Waals surface area contributed by atoms with Crippen LogP contribution in [0.5, 0.6) is 0 Å². The third-order valence-electron chi connectivity index (χ3n) is 3.25. The van der Waals surface area contributed by atoms with Gasteiger partial charge in [-0.2, -0.15) is 0 Å². The van der Waals surface area contributed by atoms with Gasteiger partial charge >= 0.3 is 0 Å². The number of hydroxylamine groups is 2. The van der Waals surface area contributed by atoms with Crippen LogP contribution in [0.3, 0.4) is 0 Å². The molecule has 1 heterocycles. The molecule has 0 saturated heterocycles. The van der Waals surface area contributed by atoms with Crippen molar-refractivity contribution in [2.24, 2.45) is 0 Å². The summed E-state index contributed by atoms with van der Waals surface area (Å²) in [7, 11) is 0. The average molecular weight is 299 g/mol. The van der Waals surface area contributed by atoms with Crippen molar-refractivity contribution in [3.05, 3.63) is 71.0 Å². The molecular formula is C16H10FNO4. The Balaban J connectivity index is 1.70. The summed E-state index contributed by atoms with van der Waals surface area (Å²) in [5.41, 5.74) is 0.710. The fraction of sp³-hybridized carbons (Fsp3) is 0.0625. The van der Waals surface area contributed by atoms with Crippen molar-refractivity contribution in [3.63, 3.8) is 0 Å². The fourth-order valence-electron chi connectivity index (χ4n) is 2.13. The Labute approximate surface area is 124 Å². The van der Waals surface area contributed by atoms with Crippen molar-refractivity contribution < 1.29 is 23.6 Å². The molecular weight excluding hydrogens is 289 g/mol. The number of hydrogen-bond acceptors (Lipinski definition) is 4. The number of nitrogens with zero attached hydrogens (tertiary/aromatic N) is 1. The van der Waals surface area contributed by atoms with Gasteiger partial charge in [0.25, 0.3) is 11.8 Å². The Kier molecular flexibility index (Phi) is 3.52. The van der Waals surface area contributed by atoms with Crippen LogP contribution in [0.25, 0.3) is 0 Å². The molecule has 0 unspecified atom stereocenters. The Bertz CT molecular complexity index is 735. The summed E-state index contributed by atoms with van der Waals surface area (Å²) in [5.74, 6) is -2.13. The molecule has 6 heteroatoms. The van der Waals surface area contributed by atoms with E-state index < -0.39 is 30.0 Å². The molecule has 0 bridgehead atoms. The first-order valence-electron chi connectivity index (χ1n) is 6.47. The molecule has 2 aromatic rings. The van der Waals surface area contributed by atoms with Crippen LogP contribution in [0.2, 0.25) is 0 Å². The second-order valence-corrected chi connectivity index (χ2v) is 4.65. The van der Waals surface area contributed by atoms with Crippen LogP contribution >= 0.6 is 0 Å². The van der Waals surface area contributed by atoms with E-state index in [9.17, 15) is 18.8 Å². The van der Waals surface area contributed by atoms with Gasteiger partial charge in [0.05, 0.1) is 11.1 Å². The molecule has 0 saturated carbocycles. The summed E-state index contributed by atoms with van der Waals surface area (Å²) in [5, 5.41) is 0.575. The summed E-state index contributed by atoms with van der Waals surface area (Å²) in [4.78, 5) is 41.0. The molecule has 0 spiro atoms. The summed E-state index contributed by atoms with van der Waals surface area (Å²) in [6.45, 7) is -0.489. The lowest BCUT2D eigenvalue weighted by atomic mass is 10.1. The molecule has 2 aromatic carbocycles. The molecule has 1 aliphatic rings. The molecule has 0 N–H and O–H groups in total. The Morgan fingerprint density at radius 1 is 0.955 bits per heavy atom. The Morgan fingerprint density at radius 3 is 2.05 bits per heavy atom. The molecule has 0 fully saturated rings. The van der Waals surface area contributed by atoms with E-state index in [0.29, 0.717) is 5.06 Å². The number of Topliss-reactive ketones (excluding diaryl/α,β-unsaturated/α-hetero) is 1. The van der Waals surface area contributed by atoms with E-state index in [2.05, 4.69) is 0 Å². The van der Waals surface area contributed by atoms with E-state index in [1.165, 1.54) is 24.3 Å². The minimum absolute atomic E-state index is 0.234. The van der Waals surface area contributed by atoms with Crippen molar-refractivity contribution >= 4 is 17.6 Å². The molecule has 5 nitrogen and oxygen atoms in total. The topological polar surface area (TPSA) is 63.7 Å². The lowest BCUT2D eigenvalue weighted by Gasteiger charge is -2.12. The zero-order valence-corrected chi connectivity index (χ0v) is 11.3. The average Bonchev–Trinajstić information content (AvgIpc) is 2.78. The van der Waals surface area contributed by atoms with Crippen LogP contribution in [-0.4, -0.2) is 29.3 Å². The highest BCUT2D eigenvalue weighted by Gasteiger charge is 2.36. The van der Waals surface area contributed by atoms with Crippen LogP contribution < -0.4 is 0 Å². The normalized spacial score (nSPS) is 13.4. The molecule has 0 atom stereocenters. The van der Waals surface area contributed by atoms with Crippen molar-refractivity contribution in [3.8, 4) is 0 Å². The number of carbonyl (C=O) groups excluding carboxylic acids is 3. The maximum absolute atomic E-state index is 12.8. The maximum atomic E-state index is 12.8. The van der Waals surface area contributed by atoms with Crippen molar-refractivity contribution in [2.45, 2.75) is 0 Å². The predicted octanol–water partition coefficient (Wildman–Crippen LogP) is 2.24. The van der Waals surface area contributed by atoms with Gasteiger partial charge in [-0.25, -0.2) is 4.39 Å². The fourth-order valence-corrected chi connectivity index (χ4v) is 2.13. The predicted molar refractivity (Wildman–Crippen MR) is 73.6 cm³/mol. The van der Waals surface area contributed by atoms with Crippen LogP contribution in [0.4, 0.5) is 4.39 Å². The minimum atomic E-state index is -0.604. The highest BCUT2D eigenvalue weighted by Crippen LogP contribution is 2.22. The minimum Gasteiger partial charge on any atom is -0.291 e. The maximum Gasteiger partial charge on any atom is 0.285 e. The smallest absolute Gasteiger partial charge is 0.285 e. The SMILES string of the molecule is O=C(CON1C(=O)c2ccccc2C1=O)c1ccc(F)cc1. The summed E-state index contributed by atoms with van der Waals surface area (Å²) in [6, 6.07) is 11.2. The number of imide groups is 1. The lowest BCUT2D eigenvalue weighted by Crippen LogP contribution is -2.32. The number of rotatable bonds is 4. The third-order valence-corrected chi connectivity index (χ3v) is 3.25. The quantitative estimate of drug-likeness (QED) is 0.641. The highest BCUT2D eigenvalue weighted by atomic mass is 19.1. The van der Waals surface area contributed by atoms with Gasteiger partial charge in [0, 0.05) is 5.56 Å². The first-order valence-corrected chi connectivity index (χ1v) is 6.47. The first-order chi connectivity index (χ1) is 10.6. The van der Waals surface area contributed by atoms with Gasteiger partial charge in [-0.3, -0.25) is 19.2 Å². The van der Waals surface area contributed by atoms with Crippen LogP contribution in [0.15, 0.2) is 48.5 Å². The lowest BCUT2D eigenvalue weighted by molar-refractivity contribution is -0.0817. The van der Waals surface area contributed by atoms with Gasteiger partial charge in [-0.15, -0.1) is 5.06 Å². The molecule has 110 valence electrons. The van der Waals surface area contributed by atoms with Crippen molar-refractivity contribution in [1.29, 1.82) is 0 Å². The second-order valence-electron chi connectivity index (χ2n) is 4.65. The largest absolute Gasteiger partial charge is 0.291 e. The Morgan fingerprint density at radius 2 is 1.50 bits per heavy atom. The summed E-state index contributed by atoms with van der Waals surface area (Å²) in [6.07, 6.45) is 0. The zero-order chi connectivity index (χ0) is 15.7. The number of benzene rings is 2. The van der Waals surface area contributed by atoms with Gasteiger partial charge in [-0.1, -0.05) is 12.1 Å². The molecule has 3 rings (SSSR count). The highest BCUT2D eigenvalue weighted by molar-refractivity contribution is 6.20. The van der Waals surface area contributed by atoms with E-state index in [1.54, 1.807) is 12.1 Å². The summed E-state index contributed by atoms with van der Waals surface area (Å²) >= 11 is 0. The van der Waals surface area contributed by atoms with Crippen LogP contribution in [0.1, 0.15) is 31.1 Å². The molecule has 0 aliphatic carbocycles. The number of carbonyl (C=O) groups is 3. The zero-order valence-electron chi connectivity index (χ0n) is 11.3. The molecule has 0 aromatic heterocycles. The molecule has 22 heavy (non-hydrogen) atoms. The van der Waals surface area contributed by atoms with Gasteiger partial charge < -0.3 is 0 Å². The van der Waals surface area contributed by atoms with E-state index in [1.807, 2.05) is 0 Å². The molecule has 1 aliphatic heterocycles. The number of halogens is 1. The van der Waals surface area contributed by atoms with E-state index in [-0.39, 0.29) is 16.7 Å². The third kappa shape index (κ3) is 2.40. The van der Waals surface area contributed by atoms with Crippen molar-refractivity contribution in [1.82, 2.24) is 5.06 Å². The van der Waals surface area contributed by atoms with Crippen LogP contribution in [0, 0.1) is 5.82 Å². The number of ketones is 1. The summed E-state index contributed by atoms with van der Waals surface area (Å²) < 4.78 is 12.8. The van der Waals surface area contributed by atoms with E-state index >= 15 is 0 Å². The van der Waals surface area contributed by atoms with Gasteiger partial charge in [-0.05, 0) is 36.4 Å². The number of hydrogen-bond donors (Lipinski definition) is 0. The molecule has 0 radical (unpaired) electrons. The van der Waals surface area contributed by atoms with Gasteiger partial charge in [0.15, 0.2) is 5.78 Å². The Hall–Kier alpha value is -2.86. The second kappa shape index (κ2) is 5.50. The monoisotopic (exact) mass is 299 g/mol.